The number of anilines is 1. The zero-order valence-electron chi connectivity index (χ0n) is 13.7. The molecule has 156 valence electrons. The molecular formula is C14H5Cl3F6N4OS. The Hall–Kier alpha value is -1.81. The van der Waals surface area contributed by atoms with Gasteiger partial charge in [-0.3, -0.25) is 4.79 Å². The third-order valence-corrected chi connectivity index (χ3v) is 4.95. The maximum atomic E-state index is 12.9. The van der Waals surface area contributed by atoms with E-state index in [-0.39, 0.29) is 4.42 Å². The van der Waals surface area contributed by atoms with Gasteiger partial charge in [0, 0.05) is 18.7 Å². The van der Waals surface area contributed by atoms with Crippen molar-refractivity contribution in [1.29, 1.82) is 5.26 Å². The Morgan fingerprint density at radius 2 is 1.72 bits per heavy atom. The molecule has 1 amide bonds. The van der Waals surface area contributed by atoms with Crippen molar-refractivity contribution < 1.29 is 31.1 Å². The number of benzene rings is 1. The molecule has 0 aliphatic rings. The molecule has 15 heteroatoms. The van der Waals surface area contributed by atoms with Crippen LogP contribution < -0.4 is 4.42 Å². The molecule has 0 N–H and O–H groups in total. The Labute approximate surface area is 177 Å². The number of aromatic nitrogens is 2. The predicted molar refractivity (Wildman–Crippen MR) is 94.2 cm³/mol. The van der Waals surface area contributed by atoms with Crippen LogP contribution in [-0.2, 0) is 11.0 Å². The van der Waals surface area contributed by atoms with Gasteiger partial charge in [-0.1, -0.05) is 23.2 Å². The Morgan fingerprint density at radius 3 is 2.10 bits per heavy atom. The summed E-state index contributed by atoms with van der Waals surface area (Å²) in [6.07, 6.45) is -4.81. The van der Waals surface area contributed by atoms with Crippen LogP contribution >= 0.6 is 46.7 Å². The smallest absolute Gasteiger partial charge is 0.273 e. The van der Waals surface area contributed by atoms with E-state index in [9.17, 15) is 31.1 Å². The van der Waals surface area contributed by atoms with E-state index >= 15 is 0 Å². The molecule has 1 aromatic heterocycles. The number of carbonyl (C=O) groups excluding carboxylic acids is 1. The van der Waals surface area contributed by atoms with Crippen molar-refractivity contribution in [2.24, 2.45) is 0 Å². The Morgan fingerprint density at radius 1 is 1.21 bits per heavy atom. The molecule has 1 heterocycles. The predicted octanol–water partition coefficient (Wildman–Crippen LogP) is 6.19. The number of alkyl halides is 6. The van der Waals surface area contributed by atoms with Crippen LogP contribution in [0.4, 0.5) is 32.2 Å². The highest BCUT2D eigenvalue weighted by Crippen LogP contribution is 2.46. The molecule has 5 nitrogen and oxygen atoms in total. The number of nitrogens with zero attached hydrogens (tertiary/aromatic N) is 4. The molecule has 0 bridgehead atoms. The lowest BCUT2D eigenvalue weighted by atomic mass is 10.2. The normalized spacial score (nSPS) is 12.0. The standard InChI is InChI=1S/C14H5Cl3F6N4OS/c1-5(28)26(17)12-11(29-14(21,22)23)9(4-24)25-27(12)10-7(15)2-6(3-8(10)16)13(18,19)20/h2-3H,1H3. The summed E-state index contributed by atoms with van der Waals surface area (Å²) in [5.74, 6) is -1.73. The first-order valence-electron chi connectivity index (χ1n) is 6.99. The van der Waals surface area contributed by atoms with Gasteiger partial charge in [-0.2, -0.15) is 36.7 Å². The van der Waals surface area contributed by atoms with E-state index in [1.165, 1.54) is 6.07 Å². The molecule has 0 saturated heterocycles. The summed E-state index contributed by atoms with van der Waals surface area (Å²) >= 11 is 16.7. The zero-order chi connectivity index (χ0) is 22.3. The van der Waals surface area contributed by atoms with Crippen LogP contribution in [0, 0.1) is 11.3 Å². The molecule has 0 unspecified atom stereocenters. The number of rotatable bonds is 3. The molecule has 29 heavy (non-hydrogen) atoms. The Balaban J connectivity index is 2.87. The largest absolute Gasteiger partial charge is 0.446 e. The van der Waals surface area contributed by atoms with Gasteiger partial charge in [0.05, 0.1) is 20.5 Å². The van der Waals surface area contributed by atoms with Crippen molar-refractivity contribution in [1.82, 2.24) is 9.78 Å². The molecular weight excluding hydrogens is 493 g/mol. The molecule has 0 spiro atoms. The minimum atomic E-state index is -4.91. The van der Waals surface area contributed by atoms with Crippen LogP contribution in [0.25, 0.3) is 5.69 Å². The van der Waals surface area contributed by atoms with Gasteiger partial charge < -0.3 is 0 Å². The van der Waals surface area contributed by atoms with Gasteiger partial charge in [0.15, 0.2) is 11.5 Å². The van der Waals surface area contributed by atoms with Crippen LogP contribution in [-0.4, -0.2) is 21.2 Å². The van der Waals surface area contributed by atoms with Crippen molar-refractivity contribution in [2.45, 2.75) is 23.5 Å². The van der Waals surface area contributed by atoms with Crippen LogP contribution in [0.3, 0.4) is 0 Å². The van der Waals surface area contributed by atoms with E-state index < -0.39 is 67.1 Å². The summed E-state index contributed by atoms with van der Waals surface area (Å²) in [5, 5.41) is 11.4. The molecule has 0 aliphatic carbocycles. The highest BCUT2D eigenvalue weighted by molar-refractivity contribution is 8.00. The van der Waals surface area contributed by atoms with Crippen molar-refractivity contribution in [2.75, 3.05) is 4.42 Å². The third kappa shape index (κ3) is 5.03. The second-order valence-corrected chi connectivity index (χ2v) is 7.39. The number of nitriles is 1. The van der Waals surface area contributed by atoms with Gasteiger partial charge in [-0.05, 0) is 23.9 Å². The van der Waals surface area contributed by atoms with Gasteiger partial charge in [0.25, 0.3) is 0 Å². The van der Waals surface area contributed by atoms with Crippen LogP contribution in [0.1, 0.15) is 18.2 Å². The SMILES string of the molecule is CC(=O)N(Cl)c1c(SC(F)(F)F)c(C#N)nn1-c1c(Cl)cc(C(F)(F)F)cc1Cl. The maximum Gasteiger partial charge on any atom is 0.446 e. The first-order chi connectivity index (χ1) is 13.2. The number of hydrogen-bond acceptors (Lipinski definition) is 4. The van der Waals surface area contributed by atoms with E-state index in [0.717, 1.165) is 6.92 Å². The highest BCUT2D eigenvalue weighted by atomic mass is 35.5. The van der Waals surface area contributed by atoms with Gasteiger partial charge in [-0.15, -0.1) is 0 Å². The monoisotopic (exact) mass is 496 g/mol. The number of thioether (sulfide) groups is 1. The first-order valence-corrected chi connectivity index (χ1v) is 8.90. The maximum absolute atomic E-state index is 12.9. The van der Waals surface area contributed by atoms with E-state index in [1.54, 1.807) is 0 Å². The van der Waals surface area contributed by atoms with E-state index in [1.807, 2.05) is 0 Å². The Kier molecular flexibility index (Phi) is 6.59. The fourth-order valence-corrected chi connectivity index (χ4v) is 3.62. The number of halogens is 9. The summed E-state index contributed by atoms with van der Waals surface area (Å²) < 4.78 is 78.3. The highest BCUT2D eigenvalue weighted by Gasteiger charge is 2.38. The lowest BCUT2D eigenvalue weighted by Crippen LogP contribution is -2.21. The molecule has 0 radical (unpaired) electrons. The molecule has 2 rings (SSSR count). The number of carbonyl (C=O) groups is 1. The lowest BCUT2D eigenvalue weighted by Gasteiger charge is -2.18. The fraction of sp³-hybridized carbons (Fsp3) is 0.214. The zero-order valence-corrected chi connectivity index (χ0v) is 16.7. The van der Waals surface area contributed by atoms with Crippen molar-refractivity contribution in [3.05, 3.63) is 33.4 Å². The first kappa shape index (κ1) is 23.5. The molecule has 0 atom stereocenters. The summed E-state index contributed by atoms with van der Waals surface area (Å²) in [5.41, 5.74) is -7.45. The number of amides is 1. The van der Waals surface area contributed by atoms with E-state index in [4.69, 9.17) is 40.2 Å². The third-order valence-electron chi connectivity index (χ3n) is 3.16. The van der Waals surface area contributed by atoms with E-state index in [0.29, 0.717) is 16.8 Å². The molecule has 0 saturated carbocycles. The van der Waals surface area contributed by atoms with Gasteiger partial charge in [0.1, 0.15) is 11.8 Å². The molecule has 0 aliphatic heterocycles. The molecule has 0 fully saturated rings. The summed E-state index contributed by atoms with van der Waals surface area (Å²) in [7, 11) is 0. The van der Waals surface area contributed by atoms with Crippen LogP contribution in [0.2, 0.25) is 10.0 Å². The summed E-state index contributed by atoms with van der Waals surface area (Å²) in [6, 6.07) is 2.32. The van der Waals surface area contributed by atoms with E-state index in [2.05, 4.69) is 5.10 Å². The molecule has 2 aromatic rings. The average molecular weight is 498 g/mol. The minimum Gasteiger partial charge on any atom is -0.273 e. The van der Waals surface area contributed by atoms with Crippen LogP contribution in [0.5, 0.6) is 0 Å². The minimum absolute atomic E-state index is 0.215. The van der Waals surface area contributed by atoms with Crippen molar-refractivity contribution >= 4 is 58.5 Å². The fourth-order valence-electron chi connectivity index (χ4n) is 2.09. The van der Waals surface area contributed by atoms with Gasteiger partial charge in [0.2, 0.25) is 5.91 Å². The quantitative estimate of drug-likeness (QED) is 0.288. The topological polar surface area (TPSA) is 61.9 Å². The second-order valence-electron chi connectivity index (χ2n) is 5.16. The second kappa shape index (κ2) is 8.14. The number of hydrogen-bond donors (Lipinski definition) is 0. The lowest BCUT2D eigenvalue weighted by molar-refractivity contribution is -0.137. The van der Waals surface area contributed by atoms with Crippen LogP contribution in [0.15, 0.2) is 17.0 Å². The molecule has 1 aromatic carbocycles. The van der Waals surface area contributed by atoms with Crippen molar-refractivity contribution in [3.8, 4) is 11.8 Å². The summed E-state index contributed by atoms with van der Waals surface area (Å²) in [4.78, 5) is 10.8. The van der Waals surface area contributed by atoms with Gasteiger partial charge >= 0.3 is 11.7 Å². The Bertz CT molecular complexity index is 991. The average Bonchev–Trinajstić information content (AvgIpc) is 2.88. The summed E-state index contributed by atoms with van der Waals surface area (Å²) in [6.45, 7) is 0.897. The van der Waals surface area contributed by atoms with Crippen molar-refractivity contribution in [3.63, 3.8) is 0 Å². The van der Waals surface area contributed by atoms with Gasteiger partial charge in [-0.25, -0.2) is 9.10 Å².